The molecular formula is C19H28O3. The molecule has 1 atom stereocenters. The molecule has 122 valence electrons. The predicted octanol–water partition coefficient (Wildman–Crippen LogP) is 4.67. The molecule has 2 rings (SSSR count). The zero-order valence-electron chi connectivity index (χ0n) is 13.8. The molecule has 0 aromatic heterocycles. The topological polar surface area (TPSA) is 35.5 Å². The molecular weight excluding hydrogens is 276 g/mol. The summed E-state index contributed by atoms with van der Waals surface area (Å²) in [4.78, 5) is 12.4. The average molecular weight is 304 g/mol. The molecule has 1 aromatic rings. The van der Waals surface area contributed by atoms with Gasteiger partial charge in [0.2, 0.25) is 0 Å². The highest BCUT2D eigenvalue weighted by Gasteiger charge is 2.29. The lowest BCUT2D eigenvalue weighted by Gasteiger charge is -2.28. The molecule has 0 radical (unpaired) electrons. The van der Waals surface area contributed by atoms with E-state index in [0.717, 1.165) is 50.7 Å². The highest BCUT2D eigenvalue weighted by molar-refractivity contribution is 5.72. The van der Waals surface area contributed by atoms with Crippen LogP contribution in [0, 0.1) is 5.92 Å². The van der Waals surface area contributed by atoms with Crippen molar-refractivity contribution < 1.29 is 14.3 Å². The lowest BCUT2D eigenvalue weighted by molar-refractivity contribution is -0.156. The van der Waals surface area contributed by atoms with E-state index in [2.05, 4.69) is 13.8 Å². The molecule has 1 fully saturated rings. The summed E-state index contributed by atoms with van der Waals surface area (Å²) in [5, 5.41) is 0. The van der Waals surface area contributed by atoms with Crippen molar-refractivity contribution in [3.63, 3.8) is 0 Å². The van der Waals surface area contributed by atoms with Crippen molar-refractivity contribution in [2.24, 2.45) is 5.92 Å². The SMILES string of the molecule is CCCOC1CCC(C(=O)OC(CC)c2ccccc2)CC1. The molecule has 1 aliphatic rings. The van der Waals surface area contributed by atoms with Gasteiger partial charge in [0.1, 0.15) is 6.10 Å². The Bertz CT molecular complexity index is 435. The van der Waals surface area contributed by atoms with Gasteiger partial charge in [-0.05, 0) is 44.1 Å². The van der Waals surface area contributed by atoms with Crippen LogP contribution < -0.4 is 0 Å². The van der Waals surface area contributed by atoms with Gasteiger partial charge >= 0.3 is 5.97 Å². The lowest BCUT2D eigenvalue weighted by atomic mass is 9.87. The number of rotatable bonds is 7. The van der Waals surface area contributed by atoms with E-state index >= 15 is 0 Å². The third kappa shape index (κ3) is 4.84. The van der Waals surface area contributed by atoms with Gasteiger partial charge in [0.15, 0.2) is 0 Å². The van der Waals surface area contributed by atoms with Crippen molar-refractivity contribution in [3.05, 3.63) is 35.9 Å². The first-order valence-electron chi connectivity index (χ1n) is 8.61. The van der Waals surface area contributed by atoms with Crippen molar-refractivity contribution in [3.8, 4) is 0 Å². The van der Waals surface area contributed by atoms with Crippen molar-refractivity contribution in [2.45, 2.75) is 64.6 Å². The summed E-state index contributed by atoms with van der Waals surface area (Å²) in [5.41, 5.74) is 1.08. The van der Waals surface area contributed by atoms with Gasteiger partial charge in [-0.25, -0.2) is 0 Å². The second-order valence-electron chi connectivity index (χ2n) is 6.09. The zero-order chi connectivity index (χ0) is 15.8. The maximum absolute atomic E-state index is 12.4. The van der Waals surface area contributed by atoms with Gasteiger partial charge in [0.05, 0.1) is 12.0 Å². The van der Waals surface area contributed by atoms with Crippen LogP contribution in [0.2, 0.25) is 0 Å². The van der Waals surface area contributed by atoms with E-state index in [0.29, 0.717) is 6.10 Å². The summed E-state index contributed by atoms with van der Waals surface area (Å²) >= 11 is 0. The molecule has 0 aliphatic heterocycles. The molecule has 3 nitrogen and oxygen atoms in total. The number of carbonyl (C=O) groups is 1. The Morgan fingerprint density at radius 2 is 1.82 bits per heavy atom. The minimum absolute atomic E-state index is 0.0374. The molecule has 1 saturated carbocycles. The number of ether oxygens (including phenoxy) is 2. The molecule has 0 bridgehead atoms. The van der Waals surface area contributed by atoms with E-state index < -0.39 is 0 Å². The molecule has 0 N–H and O–H groups in total. The summed E-state index contributed by atoms with van der Waals surface area (Å²) in [6.45, 7) is 5.00. The van der Waals surface area contributed by atoms with Gasteiger partial charge in [-0.3, -0.25) is 4.79 Å². The van der Waals surface area contributed by atoms with Crippen LogP contribution in [-0.4, -0.2) is 18.7 Å². The van der Waals surface area contributed by atoms with E-state index in [4.69, 9.17) is 9.47 Å². The normalized spacial score (nSPS) is 23.0. The molecule has 22 heavy (non-hydrogen) atoms. The Balaban J connectivity index is 1.82. The molecule has 0 saturated heterocycles. The minimum Gasteiger partial charge on any atom is -0.457 e. The number of hydrogen-bond acceptors (Lipinski definition) is 3. The monoisotopic (exact) mass is 304 g/mol. The number of esters is 1. The van der Waals surface area contributed by atoms with Gasteiger partial charge < -0.3 is 9.47 Å². The van der Waals surface area contributed by atoms with Gasteiger partial charge in [-0.2, -0.15) is 0 Å². The van der Waals surface area contributed by atoms with Crippen LogP contribution in [0.1, 0.15) is 64.0 Å². The Labute approximate surface area is 134 Å². The van der Waals surface area contributed by atoms with Gasteiger partial charge in [-0.1, -0.05) is 44.2 Å². The van der Waals surface area contributed by atoms with Gasteiger partial charge in [0, 0.05) is 6.61 Å². The molecule has 3 heteroatoms. The van der Waals surface area contributed by atoms with Crippen molar-refractivity contribution in [1.82, 2.24) is 0 Å². The average Bonchev–Trinajstić information content (AvgIpc) is 2.58. The molecule has 0 amide bonds. The standard InChI is InChI=1S/C19H28O3/c1-3-14-21-17-12-10-16(11-13-17)19(20)22-18(4-2)15-8-6-5-7-9-15/h5-9,16-18H,3-4,10-14H2,1-2H3. The quantitative estimate of drug-likeness (QED) is 0.687. The first-order chi connectivity index (χ1) is 10.7. The molecule has 1 unspecified atom stereocenters. The summed E-state index contributed by atoms with van der Waals surface area (Å²) < 4.78 is 11.5. The third-order valence-corrected chi connectivity index (χ3v) is 4.37. The first-order valence-corrected chi connectivity index (χ1v) is 8.61. The van der Waals surface area contributed by atoms with E-state index in [-0.39, 0.29) is 18.0 Å². The second-order valence-corrected chi connectivity index (χ2v) is 6.09. The van der Waals surface area contributed by atoms with Crippen LogP contribution in [-0.2, 0) is 14.3 Å². The van der Waals surface area contributed by atoms with Crippen molar-refractivity contribution in [2.75, 3.05) is 6.61 Å². The Kier molecular flexibility index (Phi) is 6.91. The van der Waals surface area contributed by atoms with Crippen molar-refractivity contribution >= 4 is 5.97 Å². The van der Waals surface area contributed by atoms with E-state index in [9.17, 15) is 4.79 Å². The van der Waals surface area contributed by atoms with Crippen LogP contribution in [0.5, 0.6) is 0 Å². The summed E-state index contributed by atoms with van der Waals surface area (Å²) in [7, 11) is 0. The Morgan fingerprint density at radius 1 is 1.14 bits per heavy atom. The van der Waals surface area contributed by atoms with Crippen molar-refractivity contribution in [1.29, 1.82) is 0 Å². The smallest absolute Gasteiger partial charge is 0.309 e. The molecule has 1 aromatic carbocycles. The largest absolute Gasteiger partial charge is 0.457 e. The molecule has 0 spiro atoms. The van der Waals surface area contributed by atoms with Crippen LogP contribution in [0.3, 0.4) is 0 Å². The number of benzene rings is 1. The first kappa shape index (κ1) is 17.0. The van der Waals surface area contributed by atoms with Gasteiger partial charge in [-0.15, -0.1) is 0 Å². The fourth-order valence-electron chi connectivity index (χ4n) is 3.04. The van der Waals surface area contributed by atoms with Crippen LogP contribution >= 0.6 is 0 Å². The predicted molar refractivity (Wildman–Crippen MR) is 87.6 cm³/mol. The highest BCUT2D eigenvalue weighted by Crippen LogP contribution is 2.30. The fraction of sp³-hybridized carbons (Fsp3) is 0.632. The zero-order valence-corrected chi connectivity index (χ0v) is 13.8. The fourth-order valence-corrected chi connectivity index (χ4v) is 3.04. The van der Waals surface area contributed by atoms with E-state index in [1.807, 2.05) is 30.3 Å². The second kappa shape index (κ2) is 8.94. The third-order valence-electron chi connectivity index (χ3n) is 4.37. The highest BCUT2D eigenvalue weighted by atomic mass is 16.5. The summed E-state index contributed by atoms with van der Waals surface area (Å²) in [5.74, 6) is 0.00360. The van der Waals surface area contributed by atoms with E-state index in [1.165, 1.54) is 0 Å². The van der Waals surface area contributed by atoms with Crippen LogP contribution in [0.25, 0.3) is 0 Å². The Hall–Kier alpha value is -1.35. The summed E-state index contributed by atoms with van der Waals surface area (Å²) in [6, 6.07) is 10.0. The molecule has 1 aliphatic carbocycles. The Morgan fingerprint density at radius 3 is 2.41 bits per heavy atom. The van der Waals surface area contributed by atoms with E-state index in [1.54, 1.807) is 0 Å². The van der Waals surface area contributed by atoms with Crippen LogP contribution in [0.4, 0.5) is 0 Å². The maximum Gasteiger partial charge on any atom is 0.309 e. The summed E-state index contributed by atoms with van der Waals surface area (Å²) in [6.07, 6.45) is 5.80. The van der Waals surface area contributed by atoms with Gasteiger partial charge in [0.25, 0.3) is 0 Å². The number of carbonyl (C=O) groups excluding carboxylic acids is 1. The maximum atomic E-state index is 12.4. The van der Waals surface area contributed by atoms with Crippen LogP contribution in [0.15, 0.2) is 30.3 Å². The lowest BCUT2D eigenvalue weighted by Crippen LogP contribution is -2.28. The number of hydrogen-bond donors (Lipinski definition) is 0. The minimum atomic E-state index is -0.122. The molecule has 0 heterocycles.